The van der Waals surface area contributed by atoms with Crippen LogP contribution in [0.4, 0.5) is 17.2 Å². The zero-order valence-electron chi connectivity index (χ0n) is 18.5. The number of pyridine rings is 1. The number of carbonyl (C=O) groups is 2. The van der Waals surface area contributed by atoms with E-state index < -0.39 is 11.8 Å². The number of nitrogens with one attached hydrogen (secondary N) is 2. The van der Waals surface area contributed by atoms with Crippen LogP contribution < -0.4 is 25.0 Å². The minimum Gasteiger partial charge on any atom is -0.497 e. The summed E-state index contributed by atoms with van der Waals surface area (Å²) in [6.07, 6.45) is 1.70. The first-order valence-electron chi connectivity index (χ1n) is 10.6. The van der Waals surface area contributed by atoms with Crippen molar-refractivity contribution in [1.29, 1.82) is 0 Å². The van der Waals surface area contributed by atoms with Crippen molar-refractivity contribution in [3.8, 4) is 11.5 Å². The summed E-state index contributed by atoms with van der Waals surface area (Å²) in [5.41, 5.74) is 1.29. The minimum atomic E-state index is -0.549. The third-order valence-electron chi connectivity index (χ3n) is 5.68. The molecule has 1 saturated heterocycles. The number of amides is 2. The molecule has 2 atom stereocenters. The van der Waals surface area contributed by atoms with Crippen LogP contribution in [0.3, 0.4) is 0 Å². The lowest BCUT2D eigenvalue weighted by molar-refractivity contribution is -0.127. The standard InChI is InChI=1S/C25H26N4O4/c1-32-19-10-6-17(7-11-19)27-24(30)21-15-29(23-5-3-4-14-26-23)16-22(21)25(31)28-18-8-12-20(33-2)13-9-18/h3-14,21-22H,15-16H2,1-2H3,(H,27,30)(H,28,31)/t21-,22-/m0/s1. The summed E-state index contributed by atoms with van der Waals surface area (Å²) < 4.78 is 10.3. The van der Waals surface area contributed by atoms with Crippen molar-refractivity contribution < 1.29 is 19.1 Å². The van der Waals surface area contributed by atoms with Gasteiger partial charge in [-0.3, -0.25) is 9.59 Å². The molecular weight excluding hydrogens is 420 g/mol. The second-order valence-corrected chi connectivity index (χ2v) is 7.74. The highest BCUT2D eigenvalue weighted by molar-refractivity contribution is 6.01. The second-order valence-electron chi connectivity index (χ2n) is 7.74. The minimum absolute atomic E-state index is 0.214. The molecule has 0 unspecified atom stereocenters. The van der Waals surface area contributed by atoms with Gasteiger partial charge in [-0.15, -0.1) is 0 Å². The molecule has 1 aliphatic rings. The van der Waals surface area contributed by atoms with Crippen molar-refractivity contribution in [1.82, 2.24) is 4.98 Å². The van der Waals surface area contributed by atoms with Crippen LogP contribution in [-0.2, 0) is 9.59 Å². The fourth-order valence-electron chi connectivity index (χ4n) is 3.88. The van der Waals surface area contributed by atoms with Gasteiger partial charge in [-0.2, -0.15) is 0 Å². The van der Waals surface area contributed by atoms with Crippen LogP contribution in [0, 0.1) is 11.8 Å². The summed E-state index contributed by atoms with van der Waals surface area (Å²) >= 11 is 0. The molecule has 33 heavy (non-hydrogen) atoms. The van der Waals surface area contributed by atoms with Crippen molar-refractivity contribution in [3.05, 3.63) is 72.9 Å². The number of rotatable bonds is 7. The predicted octanol–water partition coefficient (Wildman–Crippen LogP) is 3.43. The predicted molar refractivity (Wildman–Crippen MR) is 127 cm³/mol. The first kappa shape index (κ1) is 22.1. The number of benzene rings is 2. The van der Waals surface area contributed by atoms with E-state index in [9.17, 15) is 9.59 Å². The molecule has 1 aromatic heterocycles. The smallest absolute Gasteiger partial charge is 0.230 e. The van der Waals surface area contributed by atoms with Crippen molar-refractivity contribution >= 4 is 29.0 Å². The van der Waals surface area contributed by atoms with Crippen LogP contribution in [0.5, 0.6) is 11.5 Å². The summed E-state index contributed by atoms with van der Waals surface area (Å²) in [5.74, 6) is 0.611. The molecule has 170 valence electrons. The molecule has 8 heteroatoms. The summed E-state index contributed by atoms with van der Waals surface area (Å²) in [6.45, 7) is 0.777. The summed E-state index contributed by atoms with van der Waals surface area (Å²) in [6, 6.07) is 19.8. The highest BCUT2D eigenvalue weighted by atomic mass is 16.5. The Morgan fingerprint density at radius 1 is 0.788 bits per heavy atom. The van der Waals surface area contributed by atoms with Crippen LogP contribution in [0.15, 0.2) is 72.9 Å². The van der Waals surface area contributed by atoms with Gasteiger partial charge in [0.15, 0.2) is 0 Å². The van der Waals surface area contributed by atoms with Gasteiger partial charge in [-0.25, -0.2) is 4.98 Å². The highest BCUT2D eigenvalue weighted by Crippen LogP contribution is 2.30. The Morgan fingerprint density at radius 2 is 1.27 bits per heavy atom. The number of ether oxygens (including phenoxy) is 2. The van der Waals surface area contributed by atoms with E-state index in [0.29, 0.717) is 36.0 Å². The molecule has 8 nitrogen and oxygen atoms in total. The summed E-state index contributed by atoms with van der Waals surface area (Å²) in [4.78, 5) is 32.8. The fraction of sp³-hybridized carbons (Fsp3) is 0.240. The Hall–Kier alpha value is -4.07. The lowest BCUT2D eigenvalue weighted by atomic mass is 9.94. The van der Waals surface area contributed by atoms with Gasteiger partial charge in [-0.05, 0) is 60.7 Å². The Morgan fingerprint density at radius 3 is 1.67 bits per heavy atom. The molecule has 1 fully saturated rings. The Bertz CT molecular complexity index is 1020. The van der Waals surface area contributed by atoms with Crippen LogP contribution in [0.1, 0.15) is 0 Å². The third-order valence-corrected chi connectivity index (χ3v) is 5.68. The number of aromatic nitrogens is 1. The molecule has 0 saturated carbocycles. The van der Waals surface area contributed by atoms with Gasteiger partial charge in [0.05, 0.1) is 26.1 Å². The number of methoxy groups -OCH3 is 2. The van der Waals surface area contributed by atoms with Gasteiger partial charge in [0.1, 0.15) is 17.3 Å². The van der Waals surface area contributed by atoms with E-state index in [1.165, 1.54) is 0 Å². The Balaban J connectivity index is 1.52. The van der Waals surface area contributed by atoms with Gasteiger partial charge in [0.25, 0.3) is 0 Å². The summed E-state index contributed by atoms with van der Waals surface area (Å²) in [5, 5.41) is 5.87. The number of hydrogen-bond acceptors (Lipinski definition) is 6. The second kappa shape index (κ2) is 10.0. The highest BCUT2D eigenvalue weighted by Gasteiger charge is 2.42. The molecule has 3 aromatic rings. The molecule has 1 aliphatic heterocycles. The zero-order chi connectivity index (χ0) is 23.2. The van der Waals surface area contributed by atoms with E-state index in [2.05, 4.69) is 15.6 Å². The molecule has 0 bridgehead atoms. The number of carbonyl (C=O) groups excluding carboxylic acids is 2. The molecule has 2 heterocycles. The molecule has 2 amide bonds. The number of nitrogens with zero attached hydrogens (tertiary/aromatic N) is 2. The largest absolute Gasteiger partial charge is 0.497 e. The van der Waals surface area contributed by atoms with Crippen LogP contribution in [0.25, 0.3) is 0 Å². The molecule has 4 rings (SSSR count). The van der Waals surface area contributed by atoms with Gasteiger partial charge in [-0.1, -0.05) is 6.07 Å². The Kier molecular flexibility index (Phi) is 6.73. The van der Waals surface area contributed by atoms with Crippen molar-refractivity contribution in [2.45, 2.75) is 0 Å². The average molecular weight is 447 g/mol. The third kappa shape index (κ3) is 5.23. The van der Waals surface area contributed by atoms with E-state index in [-0.39, 0.29) is 11.8 Å². The van der Waals surface area contributed by atoms with Crippen molar-refractivity contribution in [2.24, 2.45) is 11.8 Å². The zero-order valence-corrected chi connectivity index (χ0v) is 18.5. The SMILES string of the molecule is COc1ccc(NC(=O)[C@H]2CN(c3ccccn3)C[C@@H]2C(=O)Nc2ccc(OC)cc2)cc1. The quantitative estimate of drug-likeness (QED) is 0.578. The van der Waals surface area contributed by atoms with E-state index >= 15 is 0 Å². The maximum Gasteiger partial charge on any atom is 0.230 e. The van der Waals surface area contributed by atoms with Gasteiger partial charge >= 0.3 is 0 Å². The Labute approximate surface area is 192 Å². The topological polar surface area (TPSA) is 92.8 Å². The lowest BCUT2D eigenvalue weighted by Crippen LogP contribution is -2.35. The normalized spacial score (nSPS) is 17.3. The molecule has 2 N–H and O–H groups in total. The van der Waals surface area contributed by atoms with Gasteiger partial charge in [0, 0.05) is 30.7 Å². The van der Waals surface area contributed by atoms with Crippen LogP contribution in [-0.4, -0.2) is 44.1 Å². The van der Waals surface area contributed by atoms with Crippen LogP contribution in [0.2, 0.25) is 0 Å². The van der Waals surface area contributed by atoms with Crippen LogP contribution >= 0.6 is 0 Å². The van der Waals surface area contributed by atoms with E-state index in [0.717, 1.165) is 5.82 Å². The van der Waals surface area contributed by atoms with E-state index in [4.69, 9.17) is 9.47 Å². The van der Waals surface area contributed by atoms with Crippen molar-refractivity contribution in [3.63, 3.8) is 0 Å². The summed E-state index contributed by atoms with van der Waals surface area (Å²) in [7, 11) is 3.18. The first-order chi connectivity index (χ1) is 16.1. The van der Waals surface area contributed by atoms with E-state index in [1.54, 1.807) is 68.9 Å². The van der Waals surface area contributed by atoms with Crippen molar-refractivity contribution in [2.75, 3.05) is 42.8 Å². The molecule has 0 aliphatic carbocycles. The fourth-order valence-corrected chi connectivity index (χ4v) is 3.88. The van der Waals surface area contributed by atoms with E-state index in [1.807, 2.05) is 23.1 Å². The average Bonchev–Trinajstić information content (AvgIpc) is 3.32. The number of hydrogen-bond donors (Lipinski definition) is 2. The number of anilines is 3. The lowest BCUT2D eigenvalue weighted by Gasteiger charge is -2.18. The monoisotopic (exact) mass is 446 g/mol. The molecule has 2 aromatic carbocycles. The molecule has 0 spiro atoms. The maximum absolute atomic E-state index is 13.2. The van der Waals surface area contributed by atoms with Gasteiger partial charge < -0.3 is 25.0 Å². The molecular formula is C25H26N4O4. The molecule has 0 radical (unpaired) electrons. The first-order valence-corrected chi connectivity index (χ1v) is 10.6. The van der Waals surface area contributed by atoms with Gasteiger partial charge in [0.2, 0.25) is 11.8 Å². The maximum atomic E-state index is 13.2.